The highest BCUT2D eigenvalue weighted by molar-refractivity contribution is 14.1. The predicted molar refractivity (Wildman–Crippen MR) is 70.5 cm³/mol. The van der Waals surface area contributed by atoms with Crippen molar-refractivity contribution in [2.24, 2.45) is 0 Å². The Morgan fingerprint density at radius 3 is 2.76 bits per heavy atom. The summed E-state index contributed by atoms with van der Waals surface area (Å²) in [5.41, 5.74) is 0.126. The van der Waals surface area contributed by atoms with E-state index in [1.54, 1.807) is 6.92 Å². The van der Waals surface area contributed by atoms with Gasteiger partial charge in [0.05, 0.1) is 10.2 Å². The molecule has 0 aromatic carbocycles. The van der Waals surface area contributed by atoms with Gasteiger partial charge in [-0.1, -0.05) is 15.9 Å². The van der Waals surface area contributed by atoms with E-state index in [1.807, 2.05) is 22.6 Å². The molecule has 0 saturated carbocycles. The van der Waals surface area contributed by atoms with Crippen LogP contribution in [0.1, 0.15) is 35.1 Å². The maximum atomic E-state index is 12.6. The SMILES string of the molecule is CCOC(=O)c1nc(C(F)F)cc(CBr)c1I. The highest BCUT2D eigenvalue weighted by Crippen LogP contribution is 2.25. The van der Waals surface area contributed by atoms with Crippen LogP contribution in [0.15, 0.2) is 6.07 Å². The van der Waals surface area contributed by atoms with Crippen LogP contribution in [0.25, 0.3) is 0 Å². The van der Waals surface area contributed by atoms with Crippen molar-refractivity contribution in [3.05, 3.63) is 26.6 Å². The van der Waals surface area contributed by atoms with Crippen LogP contribution in [-0.4, -0.2) is 17.6 Å². The van der Waals surface area contributed by atoms with Gasteiger partial charge in [0.2, 0.25) is 0 Å². The summed E-state index contributed by atoms with van der Waals surface area (Å²) in [5, 5.41) is 0.375. The quantitative estimate of drug-likeness (QED) is 0.424. The highest BCUT2D eigenvalue weighted by Gasteiger charge is 2.20. The van der Waals surface area contributed by atoms with E-state index in [1.165, 1.54) is 6.07 Å². The third-order valence-corrected chi connectivity index (χ3v) is 3.70. The number of pyridine rings is 1. The van der Waals surface area contributed by atoms with Gasteiger partial charge in [-0.2, -0.15) is 0 Å². The van der Waals surface area contributed by atoms with Crippen molar-refractivity contribution >= 4 is 44.5 Å². The van der Waals surface area contributed by atoms with Gasteiger partial charge >= 0.3 is 5.97 Å². The van der Waals surface area contributed by atoms with Gasteiger partial charge in [-0.05, 0) is 41.1 Å². The number of halogens is 4. The molecule has 0 spiro atoms. The molecular weight excluding hydrogens is 411 g/mol. The number of hydrogen-bond donors (Lipinski definition) is 0. The van der Waals surface area contributed by atoms with E-state index in [2.05, 4.69) is 20.9 Å². The Labute approximate surface area is 119 Å². The Morgan fingerprint density at radius 2 is 2.29 bits per heavy atom. The number of alkyl halides is 3. The molecule has 17 heavy (non-hydrogen) atoms. The first kappa shape index (κ1) is 14.7. The molecule has 1 aromatic rings. The number of hydrogen-bond acceptors (Lipinski definition) is 3. The van der Waals surface area contributed by atoms with E-state index in [9.17, 15) is 13.6 Å². The molecule has 0 aliphatic carbocycles. The molecule has 0 bridgehead atoms. The van der Waals surface area contributed by atoms with Crippen LogP contribution in [0.4, 0.5) is 8.78 Å². The summed E-state index contributed by atoms with van der Waals surface area (Å²) < 4.78 is 30.5. The average Bonchev–Trinajstić information content (AvgIpc) is 2.29. The first-order chi connectivity index (χ1) is 8.01. The molecule has 0 fully saturated rings. The minimum absolute atomic E-state index is 0.0558. The van der Waals surface area contributed by atoms with Gasteiger partial charge in [0, 0.05) is 5.33 Å². The molecule has 0 atom stereocenters. The van der Waals surface area contributed by atoms with Crippen LogP contribution in [0.2, 0.25) is 0 Å². The Balaban J connectivity index is 3.27. The van der Waals surface area contributed by atoms with E-state index in [0.717, 1.165) is 0 Å². The Kier molecular flexibility index (Phi) is 5.71. The monoisotopic (exact) mass is 419 g/mol. The third-order valence-electron chi connectivity index (χ3n) is 1.89. The Bertz CT molecular complexity index is 429. The van der Waals surface area contributed by atoms with E-state index in [-0.39, 0.29) is 12.3 Å². The normalized spacial score (nSPS) is 10.7. The zero-order chi connectivity index (χ0) is 13.0. The maximum absolute atomic E-state index is 12.6. The first-order valence-electron chi connectivity index (χ1n) is 4.71. The van der Waals surface area contributed by atoms with Crippen molar-refractivity contribution in [1.82, 2.24) is 4.98 Å². The maximum Gasteiger partial charge on any atom is 0.358 e. The average molecular weight is 420 g/mol. The van der Waals surface area contributed by atoms with Crippen molar-refractivity contribution in [3.63, 3.8) is 0 Å². The minimum Gasteiger partial charge on any atom is -0.461 e. The summed E-state index contributed by atoms with van der Waals surface area (Å²) >= 11 is 5.08. The van der Waals surface area contributed by atoms with Crippen LogP contribution in [0.3, 0.4) is 0 Å². The topological polar surface area (TPSA) is 39.2 Å². The van der Waals surface area contributed by atoms with Crippen LogP contribution in [-0.2, 0) is 10.1 Å². The van der Waals surface area contributed by atoms with Gasteiger partial charge in [0.1, 0.15) is 5.69 Å². The van der Waals surface area contributed by atoms with Crippen LogP contribution in [0, 0.1) is 3.57 Å². The lowest BCUT2D eigenvalue weighted by atomic mass is 10.2. The van der Waals surface area contributed by atoms with Gasteiger partial charge in [-0.15, -0.1) is 0 Å². The van der Waals surface area contributed by atoms with E-state index in [0.29, 0.717) is 14.5 Å². The lowest BCUT2D eigenvalue weighted by Crippen LogP contribution is -2.12. The number of esters is 1. The van der Waals surface area contributed by atoms with Crippen LogP contribution in [0.5, 0.6) is 0 Å². The molecule has 3 nitrogen and oxygen atoms in total. The largest absolute Gasteiger partial charge is 0.461 e. The van der Waals surface area contributed by atoms with Gasteiger partial charge < -0.3 is 4.74 Å². The fourth-order valence-electron chi connectivity index (χ4n) is 1.15. The third kappa shape index (κ3) is 3.57. The number of rotatable bonds is 4. The molecular formula is C10H9BrF2INO2. The molecule has 0 unspecified atom stereocenters. The van der Waals surface area contributed by atoms with E-state index in [4.69, 9.17) is 4.74 Å². The number of ether oxygens (including phenoxy) is 1. The molecule has 0 amide bonds. The lowest BCUT2D eigenvalue weighted by Gasteiger charge is -2.09. The van der Waals surface area contributed by atoms with Crippen molar-refractivity contribution < 1.29 is 18.3 Å². The van der Waals surface area contributed by atoms with E-state index < -0.39 is 18.1 Å². The molecule has 0 saturated heterocycles. The molecule has 1 heterocycles. The predicted octanol–water partition coefficient (Wildman–Crippen LogP) is 3.70. The van der Waals surface area contributed by atoms with Gasteiger partial charge in [0.15, 0.2) is 5.69 Å². The second-order valence-electron chi connectivity index (χ2n) is 3.02. The van der Waals surface area contributed by atoms with Crippen LogP contribution < -0.4 is 0 Å². The Morgan fingerprint density at radius 1 is 1.65 bits per heavy atom. The lowest BCUT2D eigenvalue weighted by molar-refractivity contribution is 0.0516. The summed E-state index contributed by atoms with van der Waals surface area (Å²) in [6, 6.07) is 1.28. The molecule has 0 N–H and O–H groups in total. The zero-order valence-electron chi connectivity index (χ0n) is 8.84. The fraction of sp³-hybridized carbons (Fsp3) is 0.400. The van der Waals surface area contributed by atoms with Gasteiger partial charge in [0.25, 0.3) is 6.43 Å². The number of carbonyl (C=O) groups is 1. The van der Waals surface area contributed by atoms with Crippen molar-refractivity contribution in [3.8, 4) is 0 Å². The van der Waals surface area contributed by atoms with E-state index >= 15 is 0 Å². The molecule has 7 heteroatoms. The van der Waals surface area contributed by atoms with Gasteiger partial charge in [-0.3, -0.25) is 0 Å². The van der Waals surface area contributed by atoms with Gasteiger partial charge in [-0.25, -0.2) is 18.6 Å². The summed E-state index contributed by atoms with van der Waals surface area (Å²) in [6.07, 6.45) is -2.71. The second kappa shape index (κ2) is 6.58. The molecule has 1 rings (SSSR count). The van der Waals surface area contributed by atoms with Crippen molar-refractivity contribution in [2.75, 3.05) is 6.61 Å². The highest BCUT2D eigenvalue weighted by atomic mass is 127. The van der Waals surface area contributed by atoms with Crippen LogP contribution >= 0.6 is 38.5 Å². The molecule has 0 aliphatic rings. The first-order valence-corrected chi connectivity index (χ1v) is 6.91. The van der Waals surface area contributed by atoms with Crippen molar-refractivity contribution in [1.29, 1.82) is 0 Å². The smallest absolute Gasteiger partial charge is 0.358 e. The summed E-state index contributed by atoms with van der Waals surface area (Å²) in [4.78, 5) is 15.2. The summed E-state index contributed by atoms with van der Waals surface area (Å²) in [6.45, 7) is 1.83. The van der Waals surface area contributed by atoms with Crippen molar-refractivity contribution in [2.45, 2.75) is 18.7 Å². The number of carbonyl (C=O) groups excluding carboxylic acids is 1. The standard InChI is InChI=1S/C10H9BrF2INO2/c1-2-17-10(16)8-7(14)5(4-11)3-6(15-8)9(12)13/h3,9H,2,4H2,1H3. The molecule has 1 aromatic heterocycles. The summed E-state index contributed by atoms with van der Waals surface area (Å²) in [5.74, 6) is -0.679. The second-order valence-corrected chi connectivity index (χ2v) is 4.66. The molecule has 0 aliphatic heterocycles. The zero-order valence-corrected chi connectivity index (χ0v) is 12.6. The fourth-order valence-corrected chi connectivity index (χ4v) is 2.80. The minimum atomic E-state index is -2.71. The Hall–Kier alpha value is -0.310. The summed E-state index contributed by atoms with van der Waals surface area (Å²) in [7, 11) is 0. The number of aromatic nitrogens is 1. The number of nitrogens with zero attached hydrogens (tertiary/aromatic N) is 1. The molecule has 94 valence electrons. The molecule has 0 radical (unpaired) electrons.